The number of hydrogen-bond donors (Lipinski definition) is 0. The van der Waals surface area contributed by atoms with Crippen molar-refractivity contribution >= 4 is 23.7 Å². The lowest BCUT2D eigenvalue weighted by Crippen LogP contribution is -2.48. The molecule has 3 aliphatic carbocycles. The van der Waals surface area contributed by atoms with Gasteiger partial charge in [-0.25, -0.2) is 0 Å². The summed E-state index contributed by atoms with van der Waals surface area (Å²) in [5.41, 5.74) is -0.00103. The van der Waals surface area contributed by atoms with E-state index in [9.17, 15) is 19.2 Å². The van der Waals surface area contributed by atoms with Gasteiger partial charge in [-0.15, -0.1) is 0 Å². The van der Waals surface area contributed by atoms with Gasteiger partial charge in [-0.3, -0.25) is 19.2 Å². The van der Waals surface area contributed by atoms with E-state index in [1.807, 2.05) is 19.1 Å². The van der Waals surface area contributed by atoms with E-state index in [2.05, 4.69) is 20.8 Å². The maximum absolute atomic E-state index is 14.1. The third-order valence-electron chi connectivity index (χ3n) is 8.62. The summed E-state index contributed by atoms with van der Waals surface area (Å²) < 4.78 is 17.3. The van der Waals surface area contributed by atoms with Crippen LogP contribution < -0.4 is 0 Å². The Morgan fingerprint density at radius 2 is 1.76 bits per heavy atom. The molecule has 0 aliphatic heterocycles. The lowest BCUT2D eigenvalue weighted by molar-refractivity contribution is -0.170. The molecule has 2 saturated carbocycles. The molecule has 3 aliphatic rings. The Labute approximate surface area is 221 Å². The Bertz CT molecular complexity index is 974. The maximum Gasteiger partial charge on any atom is 0.306 e. The van der Waals surface area contributed by atoms with E-state index in [0.29, 0.717) is 24.3 Å². The first-order valence-corrected chi connectivity index (χ1v) is 13.8. The van der Waals surface area contributed by atoms with Crippen molar-refractivity contribution in [1.82, 2.24) is 0 Å². The number of carbonyl (C=O) groups excluding carboxylic acids is 4. The summed E-state index contributed by atoms with van der Waals surface area (Å²) in [4.78, 5) is 51.0. The summed E-state index contributed by atoms with van der Waals surface area (Å²) >= 11 is 0. The Hall–Kier alpha value is -2.44. The molecule has 7 heteroatoms. The minimum Gasteiger partial charge on any atom is -0.461 e. The maximum atomic E-state index is 14.1. The highest BCUT2D eigenvalue weighted by atomic mass is 16.6. The molecule has 0 spiro atoms. The Morgan fingerprint density at radius 1 is 1.05 bits per heavy atom. The van der Waals surface area contributed by atoms with Crippen molar-refractivity contribution in [1.29, 1.82) is 0 Å². The zero-order chi connectivity index (χ0) is 27.5. The first-order valence-electron chi connectivity index (χ1n) is 13.8. The first kappa shape index (κ1) is 29.1. The van der Waals surface area contributed by atoms with Crippen LogP contribution in [-0.2, 0) is 33.4 Å². The van der Waals surface area contributed by atoms with E-state index in [4.69, 9.17) is 14.2 Å². The molecule has 0 radical (unpaired) electrons. The average molecular weight is 517 g/mol. The molecule has 0 heterocycles. The van der Waals surface area contributed by atoms with Gasteiger partial charge in [-0.2, -0.15) is 0 Å². The minimum atomic E-state index is -1.49. The molecule has 2 fully saturated rings. The van der Waals surface area contributed by atoms with Gasteiger partial charge in [0.15, 0.2) is 5.60 Å². The number of Topliss-reactive ketones (excluding diaryl/α,β-unsaturated/α-hetero) is 1. The molecular weight excluding hydrogens is 472 g/mol. The largest absolute Gasteiger partial charge is 0.461 e. The van der Waals surface area contributed by atoms with Crippen LogP contribution in [0.5, 0.6) is 0 Å². The molecule has 0 aromatic rings. The molecule has 206 valence electrons. The van der Waals surface area contributed by atoms with Gasteiger partial charge in [-0.05, 0) is 60.5 Å². The van der Waals surface area contributed by atoms with Gasteiger partial charge >= 0.3 is 17.9 Å². The molecule has 3 rings (SSSR count). The van der Waals surface area contributed by atoms with E-state index in [1.54, 1.807) is 6.92 Å². The number of ether oxygens (including phenoxy) is 3. The van der Waals surface area contributed by atoms with E-state index in [1.165, 1.54) is 13.8 Å². The van der Waals surface area contributed by atoms with Crippen LogP contribution >= 0.6 is 0 Å². The van der Waals surface area contributed by atoms with Gasteiger partial charge in [-0.1, -0.05) is 52.7 Å². The van der Waals surface area contributed by atoms with Crippen LogP contribution in [0.1, 0.15) is 93.4 Å². The van der Waals surface area contributed by atoms with E-state index in [0.717, 1.165) is 31.3 Å². The SMILES string of the molecule is CCCCCC(=O)O[C@H]1[C@@H](C)C[C@]2(OC(C)=O)C(=O)/C(C)=C/[C@@H]3[C@H](CC/C(COC(C)=O)=C/[C@@H]12)C3(C)C. The number of fused-ring (bicyclic) bond motifs is 2. The molecule has 0 amide bonds. The second-order valence-electron chi connectivity index (χ2n) is 11.9. The van der Waals surface area contributed by atoms with Crippen LogP contribution in [0.3, 0.4) is 0 Å². The normalized spacial score (nSPS) is 35.4. The number of rotatable bonds is 8. The van der Waals surface area contributed by atoms with Gasteiger partial charge in [0.2, 0.25) is 5.78 Å². The monoisotopic (exact) mass is 516 g/mol. The molecule has 0 saturated heterocycles. The Balaban J connectivity index is 2.08. The zero-order valence-electron chi connectivity index (χ0n) is 23.6. The van der Waals surface area contributed by atoms with E-state index < -0.39 is 29.6 Å². The quantitative estimate of drug-likeness (QED) is 0.182. The highest BCUT2D eigenvalue weighted by Crippen LogP contribution is 2.62. The van der Waals surface area contributed by atoms with Crippen LogP contribution in [0.15, 0.2) is 23.3 Å². The lowest BCUT2D eigenvalue weighted by Gasteiger charge is -2.34. The molecule has 7 nitrogen and oxygen atoms in total. The summed E-state index contributed by atoms with van der Waals surface area (Å²) in [5.74, 6) is -1.75. The van der Waals surface area contributed by atoms with Gasteiger partial charge in [0.05, 0.1) is 5.92 Å². The van der Waals surface area contributed by atoms with Crippen LogP contribution in [0.25, 0.3) is 0 Å². The predicted octanol–water partition coefficient (Wildman–Crippen LogP) is 5.51. The average Bonchev–Trinajstić information content (AvgIpc) is 3.21. The summed E-state index contributed by atoms with van der Waals surface area (Å²) in [6.45, 7) is 13.0. The molecular formula is C30H44O7. The van der Waals surface area contributed by atoms with Crippen molar-refractivity contribution in [2.75, 3.05) is 6.61 Å². The van der Waals surface area contributed by atoms with Crippen molar-refractivity contribution in [2.24, 2.45) is 29.1 Å². The third kappa shape index (κ3) is 6.35. The van der Waals surface area contributed by atoms with Crippen molar-refractivity contribution in [2.45, 2.75) is 105 Å². The fourth-order valence-corrected chi connectivity index (χ4v) is 6.50. The topological polar surface area (TPSA) is 96.0 Å². The molecule has 0 N–H and O–H groups in total. The van der Waals surface area contributed by atoms with Crippen molar-refractivity contribution in [3.63, 3.8) is 0 Å². The second kappa shape index (κ2) is 11.5. The fraction of sp³-hybridized carbons (Fsp3) is 0.733. The van der Waals surface area contributed by atoms with Crippen molar-refractivity contribution in [3.05, 3.63) is 23.3 Å². The fourth-order valence-electron chi connectivity index (χ4n) is 6.50. The molecule has 37 heavy (non-hydrogen) atoms. The van der Waals surface area contributed by atoms with Crippen LogP contribution in [0.2, 0.25) is 0 Å². The van der Waals surface area contributed by atoms with Crippen LogP contribution in [-0.4, -0.2) is 42.0 Å². The highest BCUT2D eigenvalue weighted by molar-refractivity contribution is 6.03. The predicted molar refractivity (Wildman–Crippen MR) is 139 cm³/mol. The van der Waals surface area contributed by atoms with Crippen molar-refractivity contribution < 1.29 is 33.4 Å². The minimum absolute atomic E-state index is 0.0563. The van der Waals surface area contributed by atoms with Gasteiger partial charge < -0.3 is 14.2 Å². The van der Waals surface area contributed by atoms with Crippen molar-refractivity contribution in [3.8, 4) is 0 Å². The second-order valence-corrected chi connectivity index (χ2v) is 11.9. The summed E-state index contributed by atoms with van der Waals surface area (Å²) in [6, 6.07) is 0. The molecule has 6 atom stereocenters. The number of allylic oxidation sites excluding steroid dienone is 1. The summed E-state index contributed by atoms with van der Waals surface area (Å²) in [7, 11) is 0. The first-order chi connectivity index (χ1) is 17.3. The van der Waals surface area contributed by atoms with Gasteiger partial charge in [0.25, 0.3) is 0 Å². The number of ketones is 1. The Kier molecular flexibility index (Phi) is 9.07. The van der Waals surface area contributed by atoms with E-state index in [-0.39, 0.29) is 42.0 Å². The summed E-state index contributed by atoms with van der Waals surface area (Å²) in [5, 5.41) is 0. The number of unbranched alkanes of at least 4 members (excludes halogenated alkanes) is 2. The third-order valence-corrected chi connectivity index (χ3v) is 8.62. The number of carbonyl (C=O) groups is 4. The van der Waals surface area contributed by atoms with E-state index >= 15 is 0 Å². The molecule has 0 bridgehead atoms. The standard InChI is InChI=1S/C30H44O7/c1-8-9-10-11-26(33)36-27-19(3)16-30(37-21(5)32)25(27)15-22(17-35-20(4)31)12-13-23-24(29(23,6)7)14-18(2)28(30)34/h14-15,19,23-25,27H,8-13,16-17H2,1-7H3/b18-14+,22-15-/t19-,23-,24+,25-,27-,30+/m0/s1. The van der Waals surface area contributed by atoms with Crippen LogP contribution in [0.4, 0.5) is 0 Å². The lowest BCUT2D eigenvalue weighted by atomic mass is 9.81. The Morgan fingerprint density at radius 3 is 2.38 bits per heavy atom. The number of hydrogen-bond acceptors (Lipinski definition) is 7. The molecule has 0 unspecified atom stereocenters. The van der Waals surface area contributed by atoms with Crippen LogP contribution in [0, 0.1) is 29.1 Å². The highest BCUT2D eigenvalue weighted by Gasteiger charge is 2.61. The summed E-state index contributed by atoms with van der Waals surface area (Å²) in [6.07, 6.45) is 8.09. The zero-order valence-corrected chi connectivity index (χ0v) is 23.6. The van der Waals surface area contributed by atoms with Gasteiger partial charge in [0, 0.05) is 26.7 Å². The smallest absolute Gasteiger partial charge is 0.306 e. The molecule has 0 aromatic carbocycles. The molecule has 0 aromatic heterocycles. The number of esters is 3. The van der Waals surface area contributed by atoms with Gasteiger partial charge in [0.1, 0.15) is 12.7 Å².